The normalized spacial score (nSPS) is 33.9. The average molecular weight is 282 g/mol. The molecule has 3 unspecified atom stereocenters. The first-order chi connectivity index (χ1) is 9.52. The first-order valence-corrected chi connectivity index (χ1v) is 8.57. The third kappa shape index (κ3) is 4.19. The van der Waals surface area contributed by atoms with Gasteiger partial charge in [0.2, 0.25) is 0 Å². The summed E-state index contributed by atoms with van der Waals surface area (Å²) in [7, 11) is 0. The predicted molar refractivity (Wildman–Crippen MR) is 85.1 cm³/mol. The maximum atomic E-state index is 5.64. The van der Waals surface area contributed by atoms with Gasteiger partial charge in [0.15, 0.2) is 0 Å². The number of rotatable bonds is 3. The van der Waals surface area contributed by atoms with Gasteiger partial charge in [-0.1, -0.05) is 27.7 Å². The number of nitrogens with one attached hydrogen (secondary N) is 1. The summed E-state index contributed by atoms with van der Waals surface area (Å²) in [4.78, 5) is 2.71. The van der Waals surface area contributed by atoms with Crippen LogP contribution in [0, 0.1) is 11.3 Å². The lowest BCUT2D eigenvalue weighted by Crippen LogP contribution is -2.55. The molecule has 0 aromatic heterocycles. The molecule has 1 saturated carbocycles. The second-order valence-corrected chi connectivity index (χ2v) is 7.61. The Bertz CT molecular complexity index is 279. The van der Waals surface area contributed by atoms with E-state index in [1.54, 1.807) is 0 Å². The molecule has 1 N–H and O–H groups in total. The lowest BCUT2D eigenvalue weighted by molar-refractivity contribution is 0.0552. The average Bonchev–Trinajstić information content (AvgIpc) is 2.67. The van der Waals surface area contributed by atoms with Crippen LogP contribution in [0.15, 0.2) is 0 Å². The number of hydrogen-bond acceptors (Lipinski definition) is 3. The molecule has 2 aliphatic rings. The highest BCUT2D eigenvalue weighted by Gasteiger charge is 2.38. The molecule has 1 saturated heterocycles. The van der Waals surface area contributed by atoms with E-state index in [-0.39, 0.29) is 0 Å². The molecule has 2 fully saturated rings. The highest BCUT2D eigenvalue weighted by molar-refractivity contribution is 4.94. The van der Waals surface area contributed by atoms with Crippen molar-refractivity contribution in [2.24, 2.45) is 11.3 Å². The first kappa shape index (κ1) is 16.3. The summed E-state index contributed by atoms with van der Waals surface area (Å²) in [5.41, 5.74) is 0.442. The van der Waals surface area contributed by atoms with Crippen LogP contribution >= 0.6 is 0 Å². The fourth-order valence-electron chi connectivity index (χ4n) is 3.93. The van der Waals surface area contributed by atoms with Crippen molar-refractivity contribution in [3.8, 4) is 0 Å². The molecule has 0 bridgehead atoms. The molecule has 118 valence electrons. The Morgan fingerprint density at radius 3 is 2.65 bits per heavy atom. The van der Waals surface area contributed by atoms with E-state index in [0.717, 1.165) is 32.2 Å². The molecule has 0 aromatic rings. The quantitative estimate of drug-likeness (QED) is 0.861. The smallest absolute Gasteiger partial charge is 0.0593 e. The first-order valence-electron chi connectivity index (χ1n) is 8.57. The van der Waals surface area contributed by atoms with Gasteiger partial charge in [0, 0.05) is 31.8 Å². The third-order valence-electron chi connectivity index (χ3n) is 5.23. The molecule has 0 aromatic carbocycles. The summed E-state index contributed by atoms with van der Waals surface area (Å²) < 4.78 is 5.64. The van der Waals surface area contributed by atoms with Gasteiger partial charge >= 0.3 is 0 Å². The highest BCUT2D eigenvalue weighted by Crippen LogP contribution is 2.39. The van der Waals surface area contributed by atoms with Crippen LogP contribution in [-0.4, -0.2) is 49.8 Å². The molecule has 20 heavy (non-hydrogen) atoms. The number of nitrogens with zero attached hydrogens (tertiary/aromatic N) is 1. The van der Waals surface area contributed by atoms with Gasteiger partial charge in [-0.2, -0.15) is 0 Å². The van der Waals surface area contributed by atoms with Crippen molar-refractivity contribution < 1.29 is 4.74 Å². The van der Waals surface area contributed by atoms with Gasteiger partial charge in [-0.15, -0.1) is 0 Å². The Morgan fingerprint density at radius 1 is 1.15 bits per heavy atom. The largest absolute Gasteiger partial charge is 0.380 e. The van der Waals surface area contributed by atoms with Crippen LogP contribution in [0.2, 0.25) is 0 Å². The van der Waals surface area contributed by atoms with Gasteiger partial charge in [-0.25, -0.2) is 0 Å². The van der Waals surface area contributed by atoms with Crippen molar-refractivity contribution in [3.05, 3.63) is 0 Å². The minimum atomic E-state index is 0.442. The molecule has 1 heterocycles. The van der Waals surface area contributed by atoms with Crippen molar-refractivity contribution >= 4 is 0 Å². The molecule has 1 aliphatic carbocycles. The zero-order valence-electron chi connectivity index (χ0n) is 14.0. The molecule has 3 nitrogen and oxygen atoms in total. The minimum Gasteiger partial charge on any atom is -0.380 e. The van der Waals surface area contributed by atoms with Crippen molar-refractivity contribution in [1.82, 2.24) is 10.2 Å². The zero-order valence-corrected chi connectivity index (χ0v) is 14.0. The fraction of sp³-hybridized carbons (Fsp3) is 1.00. The van der Waals surface area contributed by atoms with E-state index in [9.17, 15) is 0 Å². The van der Waals surface area contributed by atoms with Gasteiger partial charge < -0.3 is 10.1 Å². The van der Waals surface area contributed by atoms with E-state index in [1.165, 1.54) is 32.2 Å². The van der Waals surface area contributed by atoms with Gasteiger partial charge in [0.1, 0.15) is 0 Å². The lowest BCUT2D eigenvalue weighted by Gasteiger charge is -2.46. The number of likely N-dealkylation sites (N-methyl/N-ethyl adjacent to an activating group) is 1. The Balaban J connectivity index is 2.05. The van der Waals surface area contributed by atoms with Crippen LogP contribution < -0.4 is 5.32 Å². The fourth-order valence-corrected chi connectivity index (χ4v) is 3.93. The van der Waals surface area contributed by atoms with E-state index in [0.29, 0.717) is 17.5 Å². The van der Waals surface area contributed by atoms with E-state index in [2.05, 4.69) is 37.9 Å². The van der Waals surface area contributed by atoms with Crippen LogP contribution in [0.1, 0.15) is 53.4 Å². The van der Waals surface area contributed by atoms with Crippen LogP contribution in [-0.2, 0) is 4.74 Å². The van der Waals surface area contributed by atoms with Crippen molar-refractivity contribution in [1.29, 1.82) is 0 Å². The van der Waals surface area contributed by atoms with E-state index in [4.69, 9.17) is 4.74 Å². The van der Waals surface area contributed by atoms with Crippen molar-refractivity contribution in [3.63, 3.8) is 0 Å². The van der Waals surface area contributed by atoms with Crippen LogP contribution in [0.3, 0.4) is 0 Å². The van der Waals surface area contributed by atoms with Crippen LogP contribution in [0.25, 0.3) is 0 Å². The van der Waals surface area contributed by atoms with Gasteiger partial charge in [0.05, 0.1) is 6.61 Å². The van der Waals surface area contributed by atoms with Crippen LogP contribution in [0.4, 0.5) is 0 Å². The Hall–Kier alpha value is -0.120. The summed E-state index contributed by atoms with van der Waals surface area (Å²) in [6.45, 7) is 14.7. The Labute approximate surface area is 125 Å². The molecule has 3 heteroatoms. The van der Waals surface area contributed by atoms with E-state index < -0.39 is 0 Å². The maximum Gasteiger partial charge on any atom is 0.0593 e. The Morgan fingerprint density at radius 2 is 1.95 bits per heavy atom. The summed E-state index contributed by atoms with van der Waals surface area (Å²) >= 11 is 0. The minimum absolute atomic E-state index is 0.442. The molecule has 0 spiro atoms. The highest BCUT2D eigenvalue weighted by atomic mass is 16.5. The second kappa shape index (κ2) is 7.24. The lowest BCUT2D eigenvalue weighted by atomic mass is 9.69. The van der Waals surface area contributed by atoms with Gasteiger partial charge in [-0.3, -0.25) is 4.90 Å². The predicted octanol–water partition coefficient (Wildman–Crippen LogP) is 2.90. The third-order valence-corrected chi connectivity index (χ3v) is 5.23. The van der Waals surface area contributed by atoms with Crippen molar-refractivity contribution in [2.75, 3.05) is 32.8 Å². The summed E-state index contributed by atoms with van der Waals surface area (Å²) in [6, 6.07) is 1.38. The zero-order chi connectivity index (χ0) is 14.6. The Kier molecular flexibility index (Phi) is 5.88. The SMILES string of the molecule is CCNC1CCC(C(C)(C)C)CC1N1CCCOCC1. The molecule has 0 amide bonds. The van der Waals surface area contributed by atoms with E-state index in [1.807, 2.05) is 0 Å². The molecular formula is C17H34N2O. The number of ether oxygens (including phenoxy) is 1. The van der Waals surface area contributed by atoms with Gasteiger partial charge in [0.25, 0.3) is 0 Å². The monoisotopic (exact) mass is 282 g/mol. The molecule has 2 rings (SSSR count). The number of hydrogen-bond donors (Lipinski definition) is 1. The standard InChI is InChI=1S/C17H34N2O/c1-5-18-15-8-7-14(17(2,3)4)13-16(15)19-9-6-11-20-12-10-19/h14-16,18H,5-13H2,1-4H3. The molecule has 0 radical (unpaired) electrons. The molecule has 1 aliphatic heterocycles. The second-order valence-electron chi connectivity index (χ2n) is 7.61. The topological polar surface area (TPSA) is 24.5 Å². The summed E-state index contributed by atoms with van der Waals surface area (Å²) in [6.07, 6.45) is 5.25. The van der Waals surface area contributed by atoms with Gasteiger partial charge in [-0.05, 0) is 43.6 Å². The maximum absolute atomic E-state index is 5.64. The van der Waals surface area contributed by atoms with Crippen molar-refractivity contribution in [2.45, 2.75) is 65.5 Å². The summed E-state index contributed by atoms with van der Waals surface area (Å²) in [5, 5.41) is 3.74. The summed E-state index contributed by atoms with van der Waals surface area (Å²) in [5.74, 6) is 0.853. The molecule has 3 atom stereocenters. The van der Waals surface area contributed by atoms with E-state index >= 15 is 0 Å². The molecular weight excluding hydrogens is 248 g/mol. The van der Waals surface area contributed by atoms with Crippen LogP contribution in [0.5, 0.6) is 0 Å².